The van der Waals surface area contributed by atoms with Crippen LogP contribution in [0.25, 0.3) is 0 Å². The summed E-state index contributed by atoms with van der Waals surface area (Å²) in [6.07, 6.45) is 0.521. The van der Waals surface area contributed by atoms with Gasteiger partial charge in [0.15, 0.2) is 17.8 Å². The van der Waals surface area contributed by atoms with Gasteiger partial charge in [-0.2, -0.15) is 9.98 Å². The van der Waals surface area contributed by atoms with Crippen LogP contribution in [0.4, 0.5) is 15.3 Å². The van der Waals surface area contributed by atoms with Crippen molar-refractivity contribution in [3.05, 3.63) is 69.5 Å². The van der Waals surface area contributed by atoms with Crippen LogP contribution in [0.2, 0.25) is 10.0 Å². The minimum absolute atomic E-state index is 0.0369. The largest absolute Gasteiger partial charge is 0.505 e. The molecule has 2 heterocycles. The number of ether oxygens (including phenoxy) is 1. The molecule has 2 aliphatic rings. The average molecular weight is 610 g/mol. The number of aliphatic imine (C=N–C) groups is 2. The summed E-state index contributed by atoms with van der Waals surface area (Å²) >= 11 is 12.0. The summed E-state index contributed by atoms with van der Waals surface area (Å²) in [6.45, 7) is 1.18. The zero-order chi connectivity index (χ0) is 30.1. The van der Waals surface area contributed by atoms with Crippen LogP contribution in [0.1, 0.15) is 24.0 Å². The Kier molecular flexibility index (Phi) is 10.4. The van der Waals surface area contributed by atoms with Crippen molar-refractivity contribution in [1.82, 2.24) is 9.80 Å². The maximum Gasteiger partial charge on any atom is 0.410 e. The Balaban J connectivity index is 1.43. The number of likely N-dealkylation sites (tertiary alicyclic amines) is 1. The summed E-state index contributed by atoms with van der Waals surface area (Å²) < 4.78 is 5.56. The first-order chi connectivity index (χ1) is 20.3. The zero-order valence-electron chi connectivity index (χ0n) is 22.2. The van der Waals surface area contributed by atoms with E-state index in [0.717, 1.165) is 23.9 Å². The number of phenols is 1. The van der Waals surface area contributed by atoms with E-state index >= 15 is 0 Å². The molecule has 2 aliphatic heterocycles. The predicted molar refractivity (Wildman–Crippen MR) is 156 cm³/mol. The Morgan fingerprint density at radius 1 is 1.14 bits per heavy atom. The summed E-state index contributed by atoms with van der Waals surface area (Å²) in [5.74, 6) is 4.26. The lowest BCUT2D eigenvalue weighted by molar-refractivity contribution is -0.126. The smallest absolute Gasteiger partial charge is 0.410 e. The van der Waals surface area contributed by atoms with Crippen molar-refractivity contribution in [2.24, 2.45) is 9.98 Å². The lowest BCUT2D eigenvalue weighted by atomic mass is 10.0. The van der Waals surface area contributed by atoms with E-state index in [4.69, 9.17) is 27.9 Å². The number of carbonyl (C=O) groups is 3. The number of anilines is 1. The van der Waals surface area contributed by atoms with Gasteiger partial charge in [0.2, 0.25) is 0 Å². The lowest BCUT2D eigenvalue weighted by Crippen LogP contribution is -2.50. The van der Waals surface area contributed by atoms with Crippen LogP contribution < -0.4 is 5.32 Å². The van der Waals surface area contributed by atoms with Crippen molar-refractivity contribution in [2.75, 3.05) is 25.0 Å². The van der Waals surface area contributed by atoms with E-state index in [-0.39, 0.29) is 34.3 Å². The second kappa shape index (κ2) is 14.4. The Hall–Kier alpha value is -4.58. The van der Waals surface area contributed by atoms with Gasteiger partial charge >= 0.3 is 12.1 Å². The van der Waals surface area contributed by atoms with Crippen molar-refractivity contribution < 1.29 is 29.0 Å². The molecule has 13 heteroatoms. The molecule has 0 aliphatic carbocycles. The molecule has 11 nitrogen and oxygen atoms in total. The molecular formula is C29H25Cl2N5O6. The SMILES string of the molecule is O=C=C=NC=C=C=NC(=O)[C@@H](Cc1cc(Cl)c(O)c(Cl)c1)OC(=O)N1CCC(N2CCc3ccccc3NC2=O)CC1. The van der Waals surface area contributed by atoms with Gasteiger partial charge in [0.1, 0.15) is 0 Å². The van der Waals surface area contributed by atoms with Crippen LogP contribution in [0.3, 0.4) is 0 Å². The van der Waals surface area contributed by atoms with Gasteiger partial charge in [-0.1, -0.05) is 41.4 Å². The number of benzene rings is 2. The first-order valence-corrected chi connectivity index (χ1v) is 13.7. The van der Waals surface area contributed by atoms with E-state index in [0.29, 0.717) is 38.0 Å². The highest BCUT2D eigenvalue weighted by molar-refractivity contribution is 6.37. The first-order valence-electron chi connectivity index (χ1n) is 12.9. The van der Waals surface area contributed by atoms with Crippen molar-refractivity contribution in [1.29, 1.82) is 0 Å². The number of hydrogen-bond acceptors (Lipinski definition) is 7. The van der Waals surface area contributed by atoms with Crippen molar-refractivity contribution in [3.63, 3.8) is 0 Å². The molecule has 1 atom stereocenters. The number of urea groups is 1. The summed E-state index contributed by atoms with van der Waals surface area (Å²) in [6, 6.07) is 10.2. The highest BCUT2D eigenvalue weighted by atomic mass is 35.5. The number of para-hydroxylation sites is 1. The quantitative estimate of drug-likeness (QED) is 0.285. The molecule has 4 rings (SSSR count). The second-order valence-corrected chi connectivity index (χ2v) is 10.2. The second-order valence-electron chi connectivity index (χ2n) is 9.41. The van der Waals surface area contributed by atoms with Gasteiger partial charge in [0, 0.05) is 43.7 Å². The van der Waals surface area contributed by atoms with Gasteiger partial charge in [0.05, 0.1) is 22.1 Å². The first kappa shape index (κ1) is 30.4. The highest BCUT2D eigenvalue weighted by Crippen LogP contribution is 2.33. The van der Waals surface area contributed by atoms with Gasteiger partial charge in [-0.3, -0.25) is 4.79 Å². The van der Waals surface area contributed by atoms with Crippen LogP contribution in [0, 0.1) is 0 Å². The third kappa shape index (κ3) is 7.78. The number of piperidine rings is 1. The molecule has 0 bridgehead atoms. The molecule has 2 aromatic carbocycles. The molecule has 0 saturated carbocycles. The fourth-order valence-corrected chi connectivity index (χ4v) is 5.24. The van der Waals surface area contributed by atoms with E-state index in [9.17, 15) is 24.3 Å². The molecule has 1 saturated heterocycles. The zero-order valence-corrected chi connectivity index (χ0v) is 23.7. The molecule has 0 radical (unpaired) electrons. The Morgan fingerprint density at radius 2 is 1.86 bits per heavy atom. The Labute approximate surface area is 251 Å². The summed E-state index contributed by atoms with van der Waals surface area (Å²) in [4.78, 5) is 59.2. The number of aromatic hydroxyl groups is 1. The third-order valence-electron chi connectivity index (χ3n) is 6.79. The van der Waals surface area contributed by atoms with Crippen LogP contribution in [0.5, 0.6) is 5.75 Å². The maximum atomic E-state index is 13.1. The summed E-state index contributed by atoms with van der Waals surface area (Å²) in [5, 5.41) is 12.8. The minimum Gasteiger partial charge on any atom is -0.505 e. The van der Waals surface area contributed by atoms with Crippen LogP contribution in [-0.4, -0.2) is 82.4 Å². The molecule has 1 fully saturated rings. The number of phenolic OH excluding ortho intramolecular Hbond substituents is 1. The van der Waals surface area contributed by atoms with Gasteiger partial charge in [0.25, 0.3) is 5.91 Å². The molecule has 0 unspecified atom stereocenters. The van der Waals surface area contributed by atoms with Crippen molar-refractivity contribution in [3.8, 4) is 5.75 Å². The van der Waals surface area contributed by atoms with E-state index in [1.807, 2.05) is 30.1 Å². The predicted octanol–water partition coefficient (Wildman–Crippen LogP) is 4.22. The molecule has 0 aromatic heterocycles. The van der Waals surface area contributed by atoms with Gasteiger partial charge in [-0.25, -0.2) is 14.4 Å². The highest BCUT2D eigenvalue weighted by Gasteiger charge is 2.33. The Bertz CT molecular complexity index is 1540. The van der Waals surface area contributed by atoms with E-state index < -0.39 is 18.1 Å². The molecular weight excluding hydrogens is 585 g/mol. The number of halogens is 2. The van der Waals surface area contributed by atoms with Crippen LogP contribution in [-0.2, 0) is 27.2 Å². The topological polar surface area (TPSA) is 141 Å². The van der Waals surface area contributed by atoms with Gasteiger partial charge < -0.3 is 25.0 Å². The molecule has 42 heavy (non-hydrogen) atoms. The Morgan fingerprint density at radius 3 is 2.57 bits per heavy atom. The molecule has 0 spiro atoms. The molecule has 2 aromatic rings. The monoisotopic (exact) mass is 609 g/mol. The van der Waals surface area contributed by atoms with E-state index in [1.165, 1.54) is 23.0 Å². The molecule has 216 valence electrons. The molecule has 2 N–H and O–H groups in total. The van der Waals surface area contributed by atoms with Crippen LogP contribution >= 0.6 is 23.2 Å². The number of amides is 4. The normalized spacial score (nSPS) is 15.3. The standard InChI is InChI=1S/C29H25Cl2N5O6/c30-22-16-19(17-23(31)26(22)38)18-25(27(39)33-10-3-9-32-11-15-37)42-29(41)35-12-7-21(8-13-35)36-14-6-20-4-1-2-5-24(20)34-28(36)40/h1-2,4-5,9,16-17,21,25,38H,6-8,12-14,18H2,(H,34,40)/t25-/m1/s1. The third-order valence-corrected chi connectivity index (χ3v) is 7.37. The van der Waals surface area contributed by atoms with E-state index in [1.54, 1.807) is 4.90 Å². The number of hydrogen-bond donors (Lipinski definition) is 2. The number of rotatable bonds is 6. The number of carbonyl (C=O) groups excluding carboxylic acids is 4. The lowest BCUT2D eigenvalue weighted by Gasteiger charge is -2.37. The minimum atomic E-state index is -1.38. The van der Waals surface area contributed by atoms with Gasteiger partial charge in [-0.05, 0) is 54.3 Å². The van der Waals surface area contributed by atoms with Crippen molar-refractivity contribution in [2.45, 2.75) is 37.8 Å². The van der Waals surface area contributed by atoms with E-state index in [2.05, 4.69) is 26.9 Å². The number of nitrogens with one attached hydrogen (secondary N) is 1. The number of fused-ring (bicyclic) bond motifs is 1. The van der Waals surface area contributed by atoms with Crippen molar-refractivity contribution >= 4 is 64.6 Å². The summed E-state index contributed by atoms with van der Waals surface area (Å²) in [7, 11) is 0. The average Bonchev–Trinajstić information content (AvgIpc) is 3.15. The maximum absolute atomic E-state index is 13.1. The van der Waals surface area contributed by atoms with Gasteiger partial charge in [-0.15, -0.1) is 0 Å². The molecule has 4 amide bonds. The number of nitrogens with zero attached hydrogens (tertiary/aromatic N) is 4. The fourth-order valence-electron chi connectivity index (χ4n) is 4.70. The summed E-state index contributed by atoms with van der Waals surface area (Å²) in [5.41, 5.74) is 4.61. The van der Waals surface area contributed by atoms with Crippen LogP contribution in [0.15, 0.2) is 58.3 Å². The fraction of sp³-hybridized carbons (Fsp3) is 0.310.